The second kappa shape index (κ2) is 5.41. The number of pyridine rings is 1. The predicted molar refractivity (Wildman–Crippen MR) is 65.9 cm³/mol. The maximum Gasteiger partial charge on any atom is 0.0544 e. The first-order valence-electron chi connectivity index (χ1n) is 6.17. The van der Waals surface area contributed by atoms with Gasteiger partial charge in [-0.2, -0.15) is 0 Å². The average molecular weight is 219 g/mol. The molecule has 0 aliphatic carbocycles. The van der Waals surface area contributed by atoms with Crippen molar-refractivity contribution in [3.05, 3.63) is 30.1 Å². The highest BCUT2D eigenvalue weighted by Crippen LogP contribution is 2.20. The SMILES string of the molecule is CC(N)C1CCCCN1Cc1ccccn1. The molecular formula is C13H21N3. The number of nitrogens with two attached hydrogens (primary N) is 1. The highest BCUT2D eigenvalue weighted by molar-refractivity contribution is 5.04. The molecule has 2 N–H and O–H groups in total. The number of hydrogen-bond donors (Lipinski definition) is 1. The summed E-state index contributed by atoms with van der Waals surface area (Å²) in [6.45, 7) is 4.21. The van der Waals surface area contributed by atoms with Crippen LogP contribution in [0, 0.1) is 0 Å². The predicted octanol–water partition coefficient (Wildman–Crippen LogP) is 1.78. The lowest BCUT2D eigenvalue weighted by molar-refractivity contribution is 0.121. The molecule has 1 aliphatic rings. The molecule has 1 aromatic rings. The molecule has 88 valence electrons. The Bertz CT molecular complexity index is 310. The summed E-state index contributed by atoms with van der Waals surface area (Å²) in [6.07, 6.45) is 5.69. The van der Waals surface area contributed by atoms with Crippen LogP contribution < -0.4 is 5.73 Å². The van der Waals surface area contributed by atoms with Gasteiger partial charge < -0.3 is 5.73 Å². The van der Waals surface area contributed by atoms with Gasteiger partial charge in [0.15, 0.2) is 0 Å². The molecule has 1 aliphatic heterocycles. The minimum absolute atomic E-state index is 0.254. The third-order valence-corrected chi connectivity index (χ3v) is 3.36. The van der Waals surface area contributed by atoms with E-state index in [9.17, 15) is 0 Å². The van der Waals surface area contributed by atoms with Gasteiger partial charge in [-0.15, -0.1) is 0 Å². The Morgan fingerprint density at radius 3 is 3.06 bits per heavy atom. The summed E-state index contributed by atoms with van der Waals surface area (Å²) in [5.74, 6) is 0. The Morgan fingerprint density at radius 1 is 1.50 bits per heavy atom. The molecule has 2 unspecified atom stereocenters. The molecular weight excluding hydrogens is 198 g/mol. The summed E-state index contributed by atoms with van der Waals surface area (Å²) >= 11 is 0. The summed E-state index contributed by atoms with van der Waals surface area (Å²) in [5, 5.41) is 0. The highest BCUT2D eigenvalue weighted by Gasteiger charge is 2.25. The number of aromatic nitrogens is 1. The van der Waals surface area contributed by atoms with Crippen molar-refractivity contribution in [1.82, 2.24) is 9.88 Å². The van der Waals surface area contributed by atoms with Crippen LogP contribution in [0.1, 0.15) is 31.9 Å². The van der Waals surface area contributed by atoms with Crippen molar-refractivity contribution < 1.29 is 0 Å². The van der Waals surface area contributed by atoms with Gasteiger partial charge in [-0.1, -0.05) is 12.5 Å². The lowest BCUT2D eigenvalue weighted by Crippen LogP contribution is -2.48. The fourth-order valence-corrected chi connectivity index (χ4v) is 2.51. The summed E-state index contributed by atoms with van der Waals surface area (Å²) in [6, 6.07) is 6.88. The van der Waals surface area contributed by atoms with Crippen LogP contribution in [0.4, 0.5) is 0 Å². The first kappa shape index (κ1) is 11.6. The zero-order valence-electron chi connectivity index (χ0n) is 9.97. The van der Waals surface area contributed by atoms with Gasteiger partial charge in [0.25, 0.3) is 0 Å². The lowest BCUT2D eigenvalue weighted by atomic mass is 9.97. The topological polar surface area (TPSA) is 42.1 Å². The van der Waals surface area contributed by atoms with Crippen LogP contribution in [0.3, 0.4) is 0 Å². The fraction of sp³-hybridized carbons (Fsp3) is 0.615. The second-order valence-electron chi connectivity index (χ2n) is 4.71. The van der Waals surface area contributed by atoms with Gasteiger partial charge in [0.1, 0.15) is 0 Å². The maximum atomic E-state index is 6.05. The standard InChI is InChI=1S/C13H21N3/c1-11(14)13-7-3-5-9-16(13)10-12-6-2-4-8-15-12/h2,4,6,8,11,13H,3,5,7,9-10,14H2,1H3. The largest absolute Gasteiger partial charge is 0.327 e. The van der Waals surface area contributed by atoms with Gasteiger partial charge >= 0.3 is 0 Å². The molecule has 3 nitrogen and oxygen atoms in total. The zero-order valence-corrected chi connectivity index (χ0v) is 9.97. The van der Waals surface area contributed by atoms with Crippen LogP contribution in [0.2, 0.25) is 0 Å². The Balaban J connectivity index is 2.01. The fourth-order valence-electron chi connectivity index (χ4n) is 2.51. The molecule has 1 aromatic heterocycles. The normalized spacial score (nSPS) is 24.2. The van der Waals surface area contributed by atoms with E-state index >= 15 is 0 Å². The van der Waals surface area contributed by atoms with Crippen molar-refractivity contribution in [2.45, 2.75) is 44.8 Å². The van der Waals surface area contributed by atoms with Gasteiger partial charge in [0.05, 0.1) is 5.69 Å². The Kier molecular flexibility index (Phi) is 3.91. The van der Waals surface area contributed by atoms with Crippen LogP contribution >= 0.6 is 0 Å². The second-order valence-corrected chi connectivity index (χ2v) is 4.71. The van der Waals surface area contributed by atoms with E-state index in [0.717, 1.165) is 18.8 Å². The van der Waals surface area contributed by atoms with E-state index in [2.05, 4.69) is 22.9 Å². The molecule has 1 fully saturated rings. The number of piperidine rings is 1. The maximum absolute atomic E-state index is 6.05. The highest BCUT2D eigenvalue weighted by atomic mass is 15.2. The van der Waals surface area contributed by atoms with Crippen molar-refractivity contribution in [3.63, 3.8) is 0 Å². The van der Waals surface area contributed by atoms with Crippen molar-refractivity contribution in [2.24, 2.45) is 5.73 Å². The van der Waals surface area contributed by atoms with Crippen LogP contribution in [0.15, 0.2) is 24.4 Å². The molecule has 0 aromatic carbocycles. The van der Waals surface area contributed by atoms with E-state index in [1.807, 2.05) is 18.3 Å². The molecule has 2 rings (SSSR count). The van der Waals surface area contributed by atoms with E-state index in [-0.39, 0.29) is 6.04 Å². The summed E-state index contributed by atoms with van der Waals surface area (Å²) < 4.78 is 0. The van der Waals surface area contributed by atoms with E-state index < -0.39 is 0 Å². The van der Waals surface area contributed by atoms with Crippen molar-refractivity contribution in [2.75, 3.05) is 6.54 Å². The molecule has 16 heavy (non-hydrogen) atoms. The van der Waals surface area contributed by atoms with Gasteiger partial charge in [-0.25, -0.2) is 0 Å². The lowest BCUT2D eigenvalue weighted by Gasteiger charge is -2.37. The summed E-state index contributed by atoms with van der Waals surface area (Å²) in [7, 11) is 0. The van der Waals surface area contributed by atoms with E-state index in [1.54, 1.807) is 0 Å². The van der Waals surface area contributed by atoms with Crippen LogP contribution in [0.5, 0.6) is 0 Å². The minimum Gasteiger partial charge on any atom is -0.327 e. The number of hydrogen-bond acceptors (Lipinski definition) is 3. The molecule has 0 spiro atoms. The van der Waals surface area contributed by atoms with Gasteiger partial charge in [-0.3, -0.25) is 9.88 Å². The van der Waals surface area contributed by atoms with E-state index in [1.165, 1.54) is 19.3 Å². The minimum atomic E-state index is 0.254. The Morgan fingerprint density at radius 2 is 2.38 bits per heavy atom. The number of rotatable bonds is 3. The van der Waals surface area contributed by atoms with E-state index in [4.69, 9.17) is 5.73 Å². The summed E-state index contributed by atoms with van der Waals surface area (Å²) in [4.78, 5) is 6.87. The molecule has 0 amide bonds. The van der Waals surface area contributed by atoms with Crippen molar-refractivity contribution in [1.29, 1.82) is 0 Å². The Labute approximate surface area is 97.7 Å². The van der Waals surface area contributed by atoms with Crippen LogP contribution in [0.25, 0.3) is 0 Å². The monoisotopic (exact) mass is 219 g/mol. The quantitative estimate of drug-likeness (QED) is 0.842. The van der Waals surface area contributed by atoms with Crippen LogP contribution in [-0.4, -0.2) is 28.5 Å². The molecule has 3 heteroatoms. The number of likely N-dealkylation sites (tertiary alicyclic amines) is 1. The average Bonchev–Trinajstić information content (AvgIpc) is 2.31. The summed E-state index contributed by atoms with van der Waals surface area (Å²) in [5.41, 5.74) is 7.20. The zero-order chi connectivity index (χ0) is 11.4. The molecule has 0 bridgehead atoms. The van der Waals surface area contributed by atoms with E-state index in [0.29, 0.717) is 6.04 Å². The molecule has 0 saturated carbocycles. The molecule has 2 atom stereocenters. The smallest absolute Gasteiger partial charge is 0.0544 e. The van der Waals surface area contributed by atoms with Crippen molar-refractivity contribution >= 4 is 0 Å². The molecule has 2 heterocycles. The van der Waals surface area contributed by atoms with Gasteiger partial charge in [0, 0.05) is 24.8 Å². The third kappa shape index (κ3) is 2.80. The van der Waals surface area contributed by atoms with Gasteiger partial charge in [0.2, 0.25) is 0 Å². The van der Waals surface area contributed by atoms with Gasteiger partial charge in [-0.05, 0) is 38.4 Å². The Hall–Kier alpha value is -0.930. The molecule has 1 saturated heterocycles. The number of nitrogens with zero attached hydrogens (tertiary/aromatic N) is 2. The first-order chi connectivity index (χ1) is 7.77. The molecule has 0 radical (unpaired) electrons. The van der Waals surface area contributed by atoms with Crippen molar-refractivity contribution in [3.8, 4) is 0 Å². The third-order valence-electron chi connectivity index (χ3n) is 3.36. The first-order valence-corrected chi connectivity index (χ1v) is 6.17. The van der Waals surface area contributed by atoms with Crippen LogP contribution in [-0.2, 0) is 6.54 Å².